The number of hydrogen-bond donors (Lipinski definition) is 1. The summed E-state index contributed by atoms with van der Waals surface area (Å²) in [5.74, 6) is -0.300. The number of carbonyl (C=O) groups excluding carboxylic acids is 1. The Kier molecular flexibility index (Phi) is 3.80. The van der Waals surface area contributed by atoms with E-state index >= 15 is 0 Å². The fraction of sp³-hybridized carbons (Fsp3) is 0.533. The smallest absolute Gasteiger partial charge is 0.339 e. The van der Waals surface area contributed by atoms with E-state index in [0.717, 1.165) is 25.1 Å². The van der Waals surface area contributed by atoms with E-state index in [4.69, 9.17) is 10.5 Å². The molecular formula is C15H22N2O2. The molecule has 0 bridgehead atoms. The molecule has 1 fully saturated rings. The normalized spacial score (nSPS) is 22.1. The summed E-state index contributed by atoms with van der Waals surface area (Å²) in [5.41, 5.74) is 7.60. The highest BCUT2D eigenvalue weighted by Crippen LogP contribution is 2.34. The first-order valence-electron chi connectivity index (χ1n) is 6.66. The van der Waals surface area contributed by atoms with Crippen LogP contribution in [0.25, 0.3) is 0 Å². The van der Waals surface area contributed by atoms with E-state index in [9.17, 15) is 4.79 Å². The van der Waals surface area contributed by atoms with E-state index in [1.54, 1.807) is 6.07 Å². The highest BCUT2D eigenvalue weighted by molar-refractivity contribution is 5.96. The monoisotopic (exact) mass is 262 g/mol. The molecule has 1 aromatic rings. The van der Waals surface area contributed by atoms with Crippen molar-refractivity contribution < 1.29 is 9.53 Å². The molecule has 0 saturated carbocycles. The molecule has 1 unspecified atom stereocenters. The predicted octanol–water partition coefficient (Wildman–Crippen LogP) is 2.18. The lowest BCUT2D eigenvalue weighted by atomic mass is 9.87. The third-order valence-corrected chi connectivity index (χ3v) is 3.87. The molecular weight excluding hydrogens is 240 g/mol. The van der Waals surface area contributed by atoms with Crippen LogP contribution >= 0.6 is 0 Å². The molecule has 19 heavy (non-hydrogen) atoms. The van der Waals surface area contributed by atoms with Crippen LogP contribution in [0.3, 0.4) is 0 Å². The maximum atomic E-state index is 11.9. The third-order valence-electron chi connectivity index (χ3n) is 3.87. The average Bonchev–Trinajstić information content (AvgIpc) is 2.41. The van der Waals surface area contributed by atoms with Crippen molar-refractivity contribution in [1.82, 2.24) is 0 Å². The van der Waals surface area contributed by atoms with Gasteiger partial charge in [-0.2, -0.15) is 0 Å². The lowest BCUT2D eigenvalue weighted by Gasteiger charge is -2.46. The number of rotatable bonds is 2. The zero-order valence-corrected chi connectivity index (χ0v) is 11.8. The van der Waals surface area contributed by atoms with Crippen LogP contribution in [-0.4, -0.2) is 31.2 Å². The zero-order valence-electron chi connectivity index (χ0n) is 11.8. The zero-order chi connectivity index (χ0) is 14.0. The summed E-state index contributed by atoms with van der Waals surface area (Å²) in [7, 11) is 1.41. The van der Waals surface area contributed by atoms with Gasteiger partial charge >= 0.3 is 5.97 Å². The van der Waals surface area contributed by atoms with Crippen LogP contribution in [0.1, 0.15) is 37.0 Å². The van der Waals surface area contributed by atoms with Crippen molar-refractivity contribution in [3.8, 4) is 0 Å². The molecule has 1 heterocycles. The van der Waals surface area contributed by atoms with Crippen molar-refractivity contribution in [3.05, 3.63) is 29.8 Å². The fourth-order valence-corrected chi connectivity index (χ4v) is 2.66. The van der Waals surface area contributed by atoms with Crippen LogP contribution in [0.4, 0.5) is 5.69 Å². The van der Waals surface area contributed by atoms with Gasteiger partial charge < -0.3 is 15.4 Å². The second-order valence-electron chi connectivity index (χ2n) is 5.73. The Hall–Kier alpha value is -1.55. The maximum Gasteiger partial charge on any atom is 0.339 e. The van der Waals surface area contributed by atoms with Crippen LogP contribution in [0.15, 0.2) is 24.3 Å². The standard InChI is InChI=1S/C15H22N2O2/c1-15(2)9-8-11(16)10-17(15)13-7-5-4-6-12(13)14(18)19-3/h4-7,11H,8-10,16H2,1-3H3. The molecule has 1 aromatic carbocycles. The number of ether oxygens (including phenoxy) is 1. The highest BCUT2D eigenvalue weighted by atomic mass is 16.5. The molecule has 0 spiro atoms. The maximum absolute atomic E-state index is 11.9. The summed E-state index contributed by atoms with van der Waals surface area (Å²) in [6.07, 6.45) is 2.04. The number of anilines is 1. The molecule has 0 aromatic heterocycles. The Labute approximate surface area is 114 Å². The van der Waals surface area contributed by atoms with E-state index in [0.29, 0.717) is 5.56 Å². The Morgan fingerprint density at radius 3 is 2.79 bits per heavy atom. The molecule has 0 amide bonds. The minimum Gasteiger partial charge on any atom is -0.465 e. The van der Waals surface area contributed by atoms with Crippen LogP contribution in [-0.2, 0) is 4.74 Å². The van der Waals surface area contributed by atoms with Crippen molar-refractivity contribution in [2.75, 3.05) is 18.6 Å². The number of piperidine rings is 1. The lowest BCUT2D eigenvalue weighted by Crippen LogP contribution is -2.55. The first-order valence-corrected chi connectivity index (χ1v) is 6.66. The largest absolute Gasteiger partial charge is 0.465 e. The van der Waals surface area contributed by atoms with Crippen LogP contribution in [0.5, 0.6) is 0 Å². The summed E-state index contributed by atoms with van der Waals surface area (Å²) in [6, 6.07) is 7.72. The van der Waals surface area contributed by atoms with Gasteiger partial charge in [-0.05, 0) is 38.8 Å². The predicted molar refractivity (Wildman–Crippen MR) is 76.4 cm³/mol. The van der Waals surface area contributed by atoms with Gasteiger partial charge in [-0.3, -0.25) is 0 Å². The number of nitrogens with two attached hydrogens (primary N) is 1. The minimum atomic E-state index is -0.300. The molecule has 4 heteroatoms. The molecule has 1 aliphatic heterocycles. The SMILES string of the molecule is COC(=O)c1ccccc1N1CC(N)CCC1(C)C. The molecule has 1 saturated heterocycles. The summed E-state index contributed by atoms with van der Waals surface area (Å²) in [6.45, 7) is 5.14. The summed E-state index contributed by atoms with van der Waals surface area (Å²) < 4.78 is 4.87. The van der Waals surface area contributed by atoms with Gasteiger partial charge in [0.2, 0.25) is 0 Å². The van der Waals surface area contributed by atoms with Gasteiger partial charge in [0.25, 0.3) is 0 Å². The van der Waals surface area contributed by atoms with E-state index in [1.807, 2.05) is 18.2 Å². The van der Waals surface area contributed by atoms with Gasteiger partial charge in [0, 0.05) is 18.1 Å². The molecule has 1 atom stereocenters. The highest BCUT2D eigenvalue weighted by Gasteiger charge is 2.34. The summed E-state index contributed by atoms with van der Waals surface area (Å²) >= 11 is 0. The van der Waals surface area contributed by atoms with Crippen LogP contribution in [0, 0.1) is 0 Å². The minimum absolute atomic E-state index is 0.00000520. The molecule has 4 nitrogen and oxygen atoms in total. The van der Waals surface area contributed by atoms with Crippen LogP contribution in [0.2, 0.25) is 0 Å². The van der Waals surface area contributed by atoms with Gasteiger partial charge in [0.1, 0.15) is 0 Å². The van der Waals surface area contributed by atoms with E-state index < -0.39 is 0 Å². The second-order valence-corrected chi connectivity index (χ2v) is 5.73. The lowest BCUT2D eigenvalue weighted by molar-refractivity contribution is 0.0601. The fourth-order valence-electron chi connectivity index (χ4n) is 2.66. The van der Waals surface area contributed by atoms with Crippen molar-refractivity contribution in [3.63, 3.8) is 0 Å². The first-order chi connectivity index (χ1) is 8.95. The number of benzene rings is 1. The number of methoxy groups -OCH3 is 1. The van der Waals surface area contributed by atoms with E-state index in [2.05, 4.69) is 18.7 Å². The van der Waals surface area contributed by atoms with Crippen molar-refractivity contribution in [1.29, 1.82) is 0 Å². The molecule has 2 N–H and O–H groups in total. The molecule has 1 aliphatic rings. The van der Waals surface area contributed by atoms with Gasteiger partial charge in [-0.15, -0.1) is 0 Å². The third kappa shape index (κ3) is 2.73. The topological polar surface area (TPSA) is 55.6 Å². The van der Waals surface area contributed by atoms with E-state index in [1.165, 1.54) is 7.11 Å². The van der Waals surface area contributed by atoms with Crippen molar-refractivity contribution in [2.45, 2.75) is 38.3 Å². The Morgan fingerprint density at radius 2 is 2.11 bits per heavy atom. The van der Waals surface area contributed by atoms with Crippen LogP contribution < -0.4 is 10.6 Å². The quantitative estimate of drug-likeness (QED) is 0.830. The summed E-state index contributed by atoms with van der Waals surface area (Å²) in [5, 5.41) is 0. The number of carbonyl (C=O) groups is 1. The molecule has 2 rings (SSSR count). The average molecular weight is 262 g/mol. The van der Waals surface area contributed by atoms with E-state index in [-0.39, 0.29) is 17.6 Å². The van der Waals surface area contributed by atoms with Crippen molar-refractivity contribution >= 4 is 11.7 Å². The number of esters is 1. The van der Waals surface area contributed by atoms with Gasteiger partial charge in [-0.1, -0.05) is 12.1 Å². The van der Waals surface area contributed by atoms with Gasteiger partial charge in [0.15, 0.2) is 0 Å². The Morgan fingerprint density at radius 1 is 1.42 bits per heavy atom. The van der Waals surface area contributed by atoms with Gasteiger partial charge in [-0.25, -0.2) is 4.79 Å². The molecule has 104 valence electrons. The second kappa shape index (κ2) is 5.21. The molecule has 0 radical (unpaired) electrons. The van der Waals surface area contributed by atoms with Gasteiger partial charge in [0.05, 0.1) is 18.4 Å². The van der Waals surface area contributed by atoms with Crippen molar-refractivity contribution in [2.24, 2.45) is 5.73 Å². The first kappa shape index (κ1) is 13.9. The number of para-hydroxylation sites is 1. The molecule has 0 aliphatic carbocycles. The number of hydrogen-bond acceptors (Lipinski definition) is 4. The summed E-state index contributed by atoms with van der Waals surface area (Å²) in [4.78, 5) is 14.1. The Bertz CT molecular complexity index is 471. The number of nitrogens with zero attached hydrogens (tertiary/aromatic N) is 1. The Balaban J connectivity index is 2.42.